The van der Waals surface area contributed by atoms with Crippen LogP contribution in [0.1, 0.15) is 59.3 Å². The quantitative estimate of drug-likeness (QED) is 0.772. The van der Waals surface area contributed by atoms with Crippen molar-refractivity contribution in [3.8, 4) is 0 Å². The Morgan fingerprint density at radius 1 is 1.31 bits per heavy atom. The van der Waals surface area contributed by atoms with Crippen molar-refractivity contribution in [1.82, 2.24) is 5.32 Å². The molecule has 0 bridgehead atoms. The standard InChI is InChI=1S/C13H26N2O/c1-13(2,3)9-11(12(14)16)15-10-7-5-4-6-8-10/h10-11,15H,4-9H2,1-3H3,(H2,14,16). The zero-order chi connectivity index (χ0) is 12.2. The fourth-order valence-corrected chi connectivity index (χ4v) is 2.41. The van der Waals surface area contributed by atoms with Crippen LogP contribution in [0.5, 0.6) is 0 Å². The van der Waals surface area contributed by atoms with E-state index in [1.165, 1.54) is 32.1 Å². The molecule has 1 amide bonds. The maximum atomic E-state index is 11.4. The first-order valence-electron chi connectivity index (χ1n) is 6.44. The smallest absolute Gasteiger partial charge is 0.234 e. The molecule has 1 fully saturated rings. The van der Waals surface area contributed by atoms with E-state index >= 15 is 0 Å². The second kappa shape index (κ2) is 5.67. The minimum Gasteiger partial charge on any atom is -0.368 e. The van der Waals surface area contributed by atoms with Crippen molar-refractivity contribution in [3.63, 3.8) is 0 Å². The molecule has 0 radical (unpaired) electrons. The van der Waals surface area contributed by atoms with E-state index in [2.05, 4.69) is 26.1 Å². The molecule has 16 heavy (non-hydrogen) atoms. The molecule has 1 aliphatic rings. The zero-order valence-electron chi connectivity index (χ0n) is 10.9. The summed E-state index contributed by atoms with van der Waals surface area (Å²) in [5, 5.41) is 3.44. The number of amides is 1. The maximum absolute atomic E-state index is 11.4. The Hall–Kier alpha value is -0.570. The van der Waals surface area contributed by atoms with Gasteiger partial charge in [-0.25, -0.2) is 0 Å². The van der Waals surface area contributed by atoms with Crippen molar-refractivity contribution >= 4 is 5.91 Å². The largest absolute Gasteiger partial charge is 0.368 e. The molecule has 94 valence electrons. The predicted octanol–water partition coefficient (Wildman–Crippen LogP) is 2.20. The Morgan fingerprint density at radius 2 is 1.88 bits per heavy atom. The first kappa shape index (κ1) is 13.5. The van der Waals surface area contributed by atoms with Gasteiger partial charge in [0.05, 0.1) is 6.04 Å². The summed E-state index contributed by atoms with van der Waals surface area (Å²) in [6.45, 7) is 6.43. The first-order valence-corrected chi connectivity index (χ1v) is 6.44. The number of nitrogens with one attached hydrogen (secondary N) is 1. The lowest BCUT2D eigenvalue weighted by atomic mass is 9.86. The van der Waals surface area contributed by atoms with Crippen molar-refractivity contribution in [2.24, 2.45) is 11.1 Å². The van der Waals surface area contributed by atoms with E-state index in [0.29, 0.717) is 6.04 Å². The van der Waals surface area contributed by atoms with E-state index in [0.717, 1.165) is 6.42 Å². The third-order valence-corrected chi connectivity index (χ3v) is 3.20. The van der Waals surface area contributed by atoms with Crippen molar-refractivity contribution in [2.45, 2.75) is 71.4 Å². The van der Waals surface area contributed by atoms with Gasteiger partial charge in [0, 0.05) is 6.04 Å². The van der Waals surface area contributed by atoms with Crippen LogP contribution in [0.3, 0.4) is 0 Å². The van der Waals surface area contributed by atoms with Crippen molar-refractivity contribution in [1.29, 1.82) is 0 Å². The Balaban J connectivity index is 2.47. The van der Waals surface area contributed by atoms with Crippen LogP contribution in [0.4, 0.5) is 0 Å². The molecule has 0 saturated heterocycles. The Morgan fingerprint density at radius 3 is 2.31 bits per heavy atom. The maximum Gasteiger partial charge on any atom is 0.234 e. The zero-order valence-corrected chi connectivity index (χ0v) is 10.9. The van der Waals surface area contributed by atoms with Crippen LogP contribution in [0.25, 0.3) is 0 Å². The highest BCUT2D eigenvalue weighted by molar-refractivity contribution is 5.79. The number of rotatable bonds is 4. The van der Waals surface area contributed by atoms with Gasteiger partial charge >= 0.3 is 0 Å². The molecule has 1 saturated carbocycles. The molecule has 0 aromatic heterocycles. The predicted molar refractivity (Wildman–Crippen MR) is 67.1 cm³/mol. The normalized spacial score (nSPS) is 20.7. The summed E-state index contributed by atoms with van der Waals surface area (Å²) in [7, 11) is 0. The monoisotopic (exact) mass is 226 g/mol. The molecule has 1 rings (SSSR count). The molecule has 1 atom stereocenters. The molecule has 3 heteroatoms. The minimum atomic E-state index is -0.208. The van der Waals surface area contributed by atoms with Crippen LogP contribution in [-0.2, 0) is 4.79 Å². The number of nitrogens with two attached hydrogens (primary N) is 1. The molecule has 0 aliphatic heterocycles. The van der Waals surface area contributed by atoms with Crippen LogP contribution < -0.4 is 11.1 Å². The summed E-state index contributed by atoms with van der Waals surface area (Å²) in [6, 6.07) is 0.330. The van der Waals surface area contributed by atoms with Gasteiger partial charge in [0.15, 0.2) is 0 Å². The lowest BCUT2D eigenvalue weighted by molar-refractivity contribution is -0.121. The summed E-state index contributed by atoms with van der Waals surface area (Å²) in [5.74, 6) is -0.208. The van der Waals surface area contributed by atoms with Gasteiger partial charge in [-0.05, 0) is 24.7 Å². The molecule has 3 nitrogen and oxygen atoms in total. The summed E-state index contributed by atoms with van der Waals surface area (Å²) >= 11 is 0. The molecule has 1 unspecified atom stereocenters. The van der Waals surface area contributed by atoms with Gasteiger partial charge in [-0.3, -0.25) is 4.79 Å². The summed E-state index contributed by atoms with van der Waals surface area (Å²) in [5.41, 5.74) is 5.60. The summed E-state index contributed by atoms with van der Waals surface area (Å²) in [4.78, 5) is 11.4. The summed E-state index contributed by atoms with van der Waals surface area (Å²) < 4.78 is 0. The van der Waals surface area contributed by atoms with Gasteiger partial charge < -0.3 is 11.1 Å². The first-order chi connectivity index (χ1) is 7.38. The number of hydrogen-bond donors (Lipinski definition) is 2. The van der Waals surface area contributed by atoms with E-state index in [1.54, 1.807) is 0 Å². The van der Waals surface area contributed by atoms with E-state index in [-0.39, 0.29) is 17.4 Å². The second-order valence-electron chi connectivity index (χ2n) is 6.22. The van der Waals surface area contributed by atoms with Gasteiger partial charge in [-0.2, -0.15) is 0 Å². The molecule has 0 spiro atoms. The van der Waals surface area contributed by atoms with Crippen molar-refractivity contribution < 1.29 is 4.79 Å². The van der Waals surface area contributed by atoms with Gasteiger partial charge in [-0.15, -0.1) is 0 Å². The van der Waals surface area contributed by atoms with Crippen LogP contribution in [0, 0.1) is 5.41 Å². The third kappa shape index (κ3) is 4.97. The highest BCUT2D eigenvalue weighted by Gasteiger charge is 2.25. The molecular weight excluding hydrogens is 200 g/mol. The van der Waals surface area contributed by atoms with Crippen LogP contribution in [-0.4, -0.2) is 18.0 Å². The Bertz CT molecular complexity index is 227. The summed E-state index contributed by atoms with van der Waals surface area (Å²) in [6.07, 6.45) is 7.08. The SMILES string of the molecule is CC(C)(C)CC(NC1CCCCC1)C(N)=O. The highest BCUT2D eigenvalue weighted by Crippen LogP contribution is 2.23. The average molecular weight is 226 g/mol. The lowest BCUT2D eigenvalue weighted by Gasteiger charge is -2.30. The fourth-order valence-electron chi connectivity index (χ4n) is 2.41. The van der Waals surface area contributed by atoms with E-state index in [9.17, 15) is 4.79 Å². The lowest BCUT2D eigenvalue weighted by Crippen LogP contribution is -2.48. The van der Waals surface area contributed by atoms with E-state index in [1.807, 2.05) is 0 Å². The number of carbonyl (C=O) groups is 1. The third-order valence-electron chi connectivity index (χ3n) is 3.20. The van der Waals surface area contributed by atoms with Crippen molar-refractivity contribution in [2.75, 3.05) is 0 Å². The van der Waals surface area contributed by atoms with Gasteiger partial charge in [0.1, 0.15) is 0 Å². The average Bonchev–Trinajstić information content (AvgIpc) is 2.16. The Kier molecular flexibility index (Phi) is 4.78. The molecular formula is C13H26N2O. The number of hydrogen-bond acceptors (Lipinski definition) is 2. The van der Waals surface area contributed by atoms with E-state index in [4.69, 9.17) is 5.73 Å². The van der Waals surface area contributed by atoms with Gasteiger partial charge in [0.2, 0.25) is 5.91 Å². The number of primary amides is 1. The van der Waals surface area contributed by atoms with Gasteiger partial charge in [0.25, 0.3) is 0 Å². The Labute approximate surface area is 99.2 Å². The highest BCUT2D eigenvalue weighted by atomic mass is 16.1. The minimum absolute atomic E-state index is 0.140. The topological polar surface area (TPSA) is 55.1 Å². The van der Waals surface area contributed by atoms with E-state index < -0.39 is 0 Å². The molecule has 0 aromatic carbocycles. The molecule has 1 aliphatic carbocycles. The fraction of sp³-hybridized carbons (Fsp3) is 0.923. The second-order valence-corrected chi connectivity index (χ2v) is 6.22. The van der Waals surface area contributed by atoms with Gasteiger partial charge in [-0.1, -0.05) is 40.0 Å². The van der Waals surface area contributed by atoms with Crippen LogP contribution in [0.15, 0.2) is 0 Å². The molecule has 3 N–H and O–H groups in total. The molecule has 0 aromatic rings. The van der Waals surface area contributed by atoms with Crippen LogP contribution in [0.2, 0.25) is 0 Å². The molecule has 0 heterocycles. The number of carbonyl (C=O) groups excluding carboxylic acids is 1. The van der Waals surface area contributed by atoms with Crippen molar-refractivity contribution in [3.05, 3.63) is 0 Å². The van der Waals surface area contributed by atoms with Crippen LogP contribution >= 0.6 is 0 Å².